The number of carbonyl (C=O) groups excluding carboxylic acids is 1. The molecule has 0 radical (unpaired) electrons. The highest BCUT2D eigenvalue weighted by atomic mass is 16.7. The molecule has 2 aliphatic heterocycles. The number of allylic oxidation sites excluding steroid dienone is 7. The minimum absolute atomic E-state index is 0.247. The molecule has 0 bridgehead atoms. The number of aliphatic hydroxyl groups excluding tert-OH is 8. The Labute approximate surface area is 569 Å². The first-order valence-electron chi connectivity index (χ1n) is 39.4. The normalized spacial score (nSPS) is 22.8. The van der Waals surface area contributed by atoms with Crippen molar-refractivity contribution in [2.45, 2.75) is 428 Å². The first kappa shape index (κ1) is 87.0. The SMILES string of the molecule is CCCCCCCCCC/C=C\CCCCCCCCCCCCCCCCCCCCCC(=O)NC(COC1OC(CO)C(OC2OC(CO)C(O)C(O)C2O)C(O)C1O)C(O)/C=C/CC/C=C/CC/C=C/CCCCCCCCCCCCCCCCCCCC. The molecule has 12 unspecified atom stereocenters. The number of ether oxygens (including phenoxy) is 4. The van der Waals surface area contributed by atoms with Crippen LogP contribution < -0.4 is 5.32 Å². The Morgan fingerprint density at radius 2 is 0.688 bits per heavy atom. The molecular formula is C79H147NO13. The van der Waals surface area contributed by atoms with Crippen LogP contribution in [0.5, 0.6) is 0 Å². The molecule has 0 aromatic carbocycles. The zero-order valence-electron chi connectivity index (χ0n) is 59.8. The third-order valence-electron chi connectivity index (χ3n) is 19.2. The summed E-state index contributed by atoms with van der Waals surface area (Å²) in [6, 6.07) is -0.939. The highest BCUT2D eigenvalue weighted by Gasteiger charge is 2.51. The smallest absolute Gasteiger partial charge is 0.220 e. The first-order chi connectivity index (χ1) is 45.6. The van der Waals surface area contributed by atoms with Crippen molar-refractivity contribution in [2.24, 2.45) is 0 Å². The van der Waals surface area contributed by atoms with Gasteiger partial charge in [-0.05, 0) is 70.6 Å². The Bertz CT molecular complexity index is 1750. The van der Waals surface area contributed by atoms with Gasteiger partial charge in [0.15, 0.2) is 12.6 Å². The molecule has 1 amide bonds. The van der Waals surface area contributed by atoms with E-state index in [1.165, 1.54) is 276 Å². The van der Waals surface area contributed by atoms with Crippen LogP contribution in [0.2, 0.25) is 0 Å². The van der Waals surface area contributed by atoms with Crippen molar-refractivity contribution in [1.29, 1.82) is 0 Å². The van der Waals surface area contributed by atoms with E-state index < -0.39 is 86.8 Å². The average Bonchev–Trinajstić information content (AvgIpc) is 0.851. The van der Waals surface area contributed by atoms with E-state index in [1.807, 2.05) is 6.08 Å². The van der Waals surface area contributed by atoms with Gasteiger partial charge in [-0.3, -0.25) is 4.79 Å². The van der Waals surface area contributed by atoms with Gasteiger partial charge in [-0.25, -0.2) is 0 Å². The third kappa shape index (κ3) is 46.8. The predicted octanol–water partition coefficient (Wildman–Crippen LogP) is 17.4. The summed E-state index contributed by atoms with van der Waals surface area (Å²) in [6.45, 7) is 2.83. The maximum Gasteiger partial charge on any atom is 0.220 e. The molecule has 0 aromatic rings. The van der Waals surface area contributed by atoms with Crippen molar-refractivity contribution in [3.63, 3.8) is 0 Å². The largest absolute Gasteiger partial charge is 0.394 e. The molecule has 14 nitrogen and oxygen atoms in total. The Hall–Kier alpha value is -2.05. The standard InChI is InChI=1S/C79H147NO13/c1-3-5-7-9-11-13-15-17-19-21-23-25-27-29-31-33-34-35-37-39-41-43-45-47-49-51-53-55-57-59-61-63-71(84)80-67(66-90-78-76(89)74(87)77(70(65-82)92-78)93-79-75(88)73(86)72(85)69(64-81)91-79)68(83)62-60-58-56-54-52-50-48-46-44-42-40-38-36-32-30-28-26-24-22-20-18-16-14-12-10-8-6-4-2/h21,23,44,46,52,54,60,62,67-70,72-79,81-83,85-89H,3-20,22,24-43,45,47-51,53,55-59,61,63-66H2,1-2H3,(H,80,84)/b23-21-,46-44+,54-52+,62-60+. The molecule has 14 heteroatoms. The maximum atomic E-state index is 13.4. The van der Waals surface area contributed by atoms with Crippen LogP contribution in [-0.4, -0.2) is 140 Å². The molecule has 9 N–H and O–H groups in total. The van der Waals surface area contributed by atoms with E-state index in [0.717, 1.165) is 44.9 Å². The number of nitrogens with one attached hydrogen (secondary N) is 1. The van der Waals surface area contributed by atoms with Crippen LogP contribution in [-0.2, 0) is 23.7 Å². The van der Waals surface area contributed by atoms with Crippen LogP contribution in [0.15, 0.2) is 48.6 Å². The molecule has 0 aliphatic carbocycles. The summed E-state index contributed by atoms with van der Waals surface area (Å²) >= 11 is 0. The number of carbonyl (C=O) groups is 1. The Balaban J connectivity index is 1.65. The fraction of sp³-hybridized carbons (Fsp3) is 0.886. The summed E-state index contributed by atoms with van der Waals surface area (Å²) < 4.78 is 22.9. The van der Waals surface area contributed by atoms with Crippen molar-refractivity contribution in [3.05, 3.63) is 48.6 Å². The number of hydrogen-bond donors (Lipinski definition) is 9. The lowest BCUT2D eigenvalue weighted by molar-refractivity contribution is -0.359. The summed E-state index contributed by atoms with van der Waals surface area (Å²) in [7, 11) is 0. The Morgan fingerprint density at radius 3 is 1.05 bits per heavy atom. The van der Waals surface area contributed by atoms with E-state index >= 15 is 0 Å². The zero-order valence-corrected chi connectivity index (χ0v) is 59.8. The molecule has 2 rings (SSSR count). The summed E-state index contributed by atoms with van der Waals surface area (Å²) in [4.78, 5) is 13.4. The second kappa shape index (κ2) is 63.4. The summed E-state index contributed by atoms with van der Waals surface area (Å²) in [5, 5.41) is 87.6. The fourth-order valence-electron chi connectivity index (χ4n) is 13.0. The molecule has 12 atom stereocenters. The van der Waals surface area contributed by atoms with Gasteiger partial charge >= 0.3 is 0 Å². The molecule has 0 spiro atoms. The predicted molar refractivity (Wildman–Crippen MR) is 383 cm³/mol. The third-order valence-corrected chi connectivity index (χ3v) is 19.2. The molecule has 2 aliphatic rings. The number of aliphatic hydroxyl groups is 8. The summed E-state index contributed by atoms with van der Waals surface area (Å²) in [6.07, 6.45) is 67.7. The lowest BCUT2D eigenvalue weighted by Crippen LogP contribution is -2.65. The van der Waals surface area contributed by atoms with Crippen LogP contribution in [0.1, 0.15) is 354 Å². The van der Waals surface area contributed by atoms with Gasteiger partial charge < -0.3 is 65.1 Å². The van der Waals surface area contributed by atoms with Gasteiger partial charge in [0.25, 0.3) is 0 Å². The molecule has 0 aromatic heterocycles. The average molecular weight is 1320 g/mol. The summed E-state index contributed by atoms with van der Waals surface area (Å²) in [5.74, 6) is -0.247. The lowest BCUT2D eigenvalue weighted by atomic mass is 9.97. The molecule has 2 heterocycles. The second-order valence-electron chi connectivity index (χ2n) is 27.8. The van der Waals surface area contributed by atoms with Crippen molar-refractivity contribution < 1.29 is 64.6 Å². The van der Waals surface area contributed by atoms with Crippen LogP contribution >= 0.6 is 0 Å². The van der Waals surface area contributed by atoms with E-state index in [4.69, 9.17) is 18.9 Å². The molecule has 2 fully saturated rings. The van der Waals surface area contributed by atoms with E-state index in [2.05, 4.69) is 55.6 Å². The molecule has 546 valence electrons. The molecule has 93 heavy (non-hydrogen) atoms. The van der Waals surface area contributed by atoms with Crippen molar-refractivity contribution >= 4 is 5.91 Å². The van der Waals surface area contributed by atoms with Gasteiger partial charge in [-0.1, -0.05) is 326 Å². The minimum Gasteiger partial charge on any atom is -0.394 e. The number of hydrogen-bond acceptors (Lipinski definition) is 13. The molecule has 0 saturated carbocycles. The Kier molecular flexibility index (Phi) is 59.3. The molecular weight excluding hydrogens is 1170 g/mol. The van der Waals surface area contributed by atoms with Gasteiger partial charge in [0, 0.05) is 6.42 Å². The van der Waals surface area contributed by atoms with Crippen LogP contribution in [0.4, 0.5) is 0 Å². The maximum absolute atomic E-state index is 13.4. The number of amides is 1. The van der Waals surface area contributed by atoms with Crippen LogP contribution in [0.25, 0.3) is 0 Å². The summed E-state index contributed by atoms with van der Waals surface area (Å²) in [5.41, 5.74) is 0. The zero-order chi connectivity index (χ0) is 67.3. The minimum atomic E-state index is -1.79. The van der Waals surface area contributed by atoms with Gasteiger partial charge in [-0.15, -0.1) is 0 Å². The van der Waals surface area contributed by atoms with E-state index in [9.17, 15) is 45.6 Å². The van der Waals surface area contributed by atoms with E-state index in [-0.39, 0.29) is 18.9 Å². The van der Waals surface area contributed by atoms with Gasteiger partial charge in [0.05, 0.1) is 32.0 Å². The number of unbranched alkanes of at least 4 members (excludes halogenated alkanes) is 47. The van der Waals surface area contributed by atoms with Crippen LogP contribution in [0.3, 0.4) is 0 Å². The van der Waals surface area contributed by atoms with Crippen molar-refractivity contribution in [3.8, 4) is 0 Å². The first-order valence-corrected chi connectivity index (χ1v) is 39.4. The second-order valence-corrected chi connectivity index (χ2v) is 27.8. The van der Waals surface area contributed by atoms with E-state index in [1.54, 1.807) is 6.08 Å². The van der Waals surface area contributed by atoms with Gasteiger partial charge in [0.1, 0.15) is 48.8 Å². The highest BCUT2D eigenvalue weighted by Crippen LogP contribution is 2.30. The van der Waals surface area contributed by atoms with E-state index in [0.29, 0.717) is 12.8 Å². The van der Waals surface area contributed by atoms with Crippen LogP contribution in [0, 0.1) is 0 Å². The Morgan fingerprint density at radius 1 is 0.376 bits per heavy atom. The van der Waals surface area contributed by atoms with Gasteiger partial charge in [0.2, 0.25) is 5.91 Å². The fourth-order valence-corrected chi connectivity index (χ4v) is 13.0. The van der Waals surface area contributed by atoms with Crippen molar-refractivity contribution in [2.75, 3.05) is 19.8 Å². The highest BCUT2D eigenvalue weighted by molar-refractivity contribution is 5.76. The number of rotatable bonds is 66. The molecule has 2 saturated heterocycles. The van der Waals surface area contributed by atoms with Crippen molar-refractivity contribution in [1.82, 2.24) is 5.32 Å². The monoisotopic (exact) mass is 1320 g/mol. The lowest BCUT2D eigenvalue weighted by Gasteiger charge is -2.46. The topological polar surface area (TPSA) is 228 Å². The van der Waals surface area contributed by atoms with Gasteiger partial charge in [-0.2, -0.15) is 0 Å². The quantitative estimate of drug-likeness (QED) is 0.0204.